The van der Waals surface area contributed by atoms with Gasteiger partial charge in [-0.25, -0.2) is 26.4 Å². The summed E-state index contributed by atoms with van der Waals surface area (Å²) in [5.74, 6) is -2.38. The average Bonchev–Trinajstić information content (AvgIpc) is 3.58. The Morgan fingerprint density at radius 3 is 2.10 bits per heavy atom. The van der Waals surface area contributed by atoms with E-state index < -0.39 is 76.8 Å². The molecule has 2 aliphatic heterocycles. The third-order valence-corrected chi connectivity index (χ3v) is 18.8. The molecule has 6 aromatic carbocycles. The Morgan fingerprint density at radius 2 is 1.44 bits per heavy atom. The van der Waals surface area contributed by atoms with E-state index in [-0.39, 0.29) is 23.8 Å². The van der Waals surface area contributed by atoms with E-state index in [1.165, 1.54) is 23.9 Å². The van der Waals surface area contributed by atoms with Gasteiger partial charge in [0.25, 0.3) is 31.7 Å². The van der Waals surface area contributed by atoms with E-state index in [9.17, 15) is 59.7 Å². The molecule has 6 N–H and O–H groups in total. The number of sulfonamides is 1. The number of carboxylic acid groups (broad SMARTS) is 1. The van der Waals surface area contributed by atoms with Crippen LogP contribution in [0.25, 0.3) is 11.1 Å². The number of benzene rings is 6. The van der Waals surface area contributed by atoms with Crippen molar-refractivity contribution in [1.82, 2.24) is 9.62 Å². The number of sulfone groups is 1. The van der Waals surface area contributed by atoms with Crippen LogP contribution in [0.4, 0.5) is 35.9 Å². The van der Waals surface area contributed by atoms with Crippen LogP contribution >= 0.6 is 23.4 Å². The highest BCUT2D eigenvalue weighted by Gasteiger charge is 2.48. The molecule has 2 unspecified atom stereocenters. The van der Waals surface area contributed by atoms with Crippen LogP contribution in [0, 0.1) is 5.92 Å². The Morgan fingerprint density at radius 1 is 0.778 bits per heavy atom. The minimum atomic E-state index is -6.14. The quantitative estimate of drug-likeness (QED) is 0.0348. The number of carboxylic acids is 1. The molecular weight excluding hydrogens is 1130 g/mol. The number of nitrogens with zero attached hydrogens (tertiary/aromatic N) is 3. The highest BCUT2D eigenvalue weighted by molar-refractivity contribution is 7.99. The Balaban J connectivity index is 0.931. The molecule has 0 aliphatic carbocycles. The van der Waals surface area contributed by atoms with Crippen molar-refractivity contribution < 1.29 is 59.7 Å². The first kappa shape index (κ1) is 60.4. The summed E-state index contributed by atoms with van der Waals surface area (Å²) >= 11 is 7.61. The second kappa shape index (κ2) is 26.5. The van der Waals surface area contributed by atoms with Gasteiger partial charge in [0.1, 0.15) is 10.9 Å². The van der Waals surface area contributed by atoms with Gasteiger partial charge < -0.3 is 40.7 Å². The molecule has 2 amide bonds. The number of hydrogen-bond donors (Lipinski definition) is 6. The number of rotatable bonds is 22. The maximum atomic E-state index is 14.2. The fourth-order valence-electron chi connectivity index (χ4n) is 9.99. The van der Waals surface area contributed by atoms with Crippen LogP contribution < -0.4 is 25.2 Å². The number of carbonyl (C=O) groups is 3. The third kappa shape index (κ3) is 15.1. The molecular formula is C58H62ClF3N6O10S3. The van der Waals surface area contributed by atoms with Gasteiger partial charge in [-0.3, -0.25) is 9.59 Å². The lowest BCUT2D eigenvalue weighted by Gasteiger charge is -2.36. The molecule has 0 spiro atoms. The molecule has 0 aromatic heterocycles. The van der Waals surface area contributed by atoms with Gasteiger partial charge in [-0.1, -0.05) is 48.0 Å². The van der Waals surface area contributed by atoms with Gasteiger partial charge in [0.05, 0.1) is 23.3 Å². The summed E-state index contributed by atoms with van der Waals surface area (Å²) in [6.07, 6.45) is 2.60. The second-order valence-electron chi connectivity index (χ2n) is 20.0. The maximum absolute atomic E-state index is 14.2. The zero-order valence-corrected chi connectivity index (χ0v) is 47.3. The first-order chi connectivity index (χ1) is 38.6. The average molecular weight is 1190 g/mol. The Bertz CT molecular complexity index is 3400. The molecule has 8 rings (SSSR count). The first-order valence-corrected chi connectivity index (χ1v) is 30.5. The van der Waals surface area contributed by atoms with E-state index in [1.807, 2.05) is 57.0 Å². The van der Waals surface area contributed by atoms with Gasteiger partial charge in [0, 0.05) is 76.1 Å². The third-order valence-electron chi connectivity index (χ3n) is 14.5. The molecule has 2 heterocycles. The fraction of sp³-hybridized carbons (Fsp3) is 0.328. The number of likely N-dealkylation sites (N-methyl/N-ethyl adjacent to an activating group) is 1. The molecule has 23 heteroatoms. The summed E-state index contributed by atoms with van der Waals surface area (Å²) < 4.78 is 98.1. The molecule has 6 aromatic rings. The number of anilines is 4. The fourth-order valence-corrected chi connectivity index (χ4v) is 13.1. The minimum absolute atomic E-state index is 0.110. The van der Waals surface area contributed by atoms with Crippen molar-refractivity contribution in [2.75, 3.05) is 72.6 Å². The monoisotopic (exact) mass is 1190 g/mol. The Kier molecular flexibility index (Phi) is 19.8. The van der Waals surface area contributed by atoms with E-state index in [0.29, 0.717) is 97.6 Å². The zero-order valence-electron chi connectivity index (χ0n) is 44.1. The first-order valence-electron chi connectivity index (χ1n) is 26.2. The zero-order chi connectivity index (χ0) is 58.1. The molecule has 0 saturated carbocycles. The number of aliphatic hydroxyl groups is 2. The van der Waals surface area contributed by atoms with Crippen LogP contribution in [-0.4, -0.2) is 125 Å². The normalized spacial score (nSPS) is 16.2. The number of halogens is 4. The molecule has 2 fully saturated rings. The van der Waals surface area contributed by atoms with Crippen molar-refractivity contribution in [1.29, 1.82) is 0 Å². The van der Waals surface area contributed by atoms with E-state index in [4.69, 9.17) is 11.6 Å². The molecule has 2 saturated heterocycles. The molecule has 0 bridgehead atoms. The molecule has 430 valence electrons. The van der Waals surface area contributed by atoms with Gasteiger partial charge in [-0.15, -0.1) is 11.8 Å². The van der Waals surface area contributed by atoms with Crippen molar-refractivity contribution in [3.05, 3.63) is 161 Å². The molecule has 81 heavy (non-hydrogen) atoms. The van der Waals surface area contributed by atoms with Crippen LogP contribution in [-0.2, 0) is 24.7 Å². The Labute approximate surface area is 478 Å². The van der Waals surface area contributed by atoms with Gasteiger partial charge in [0.2, 0.25) is 0 Å². The number of alkyl halides is 3. The van der Waals surface area contributed by atoms with Crippen LogP contribution in [0.2, 0.25) is 5.02 Å². The SMILES string of the molecule is CN(CCO)CCC(CSc1ccccc1)Nc1ccc(S(=O)(=O)NC(=O)c2ccc(N3CCC([C@@H](O)c4cc(C(=O)Nc5ccc(N6CCCCC6C(=O)O)cc5)ccc4-c4ccc(Cl)cc4)CC3)cc2)cc1S(=O)(=O)C(F)(F)F. The molecule has 0 radical (unpaired) electrons. The van der Waals surface area contributed by atoms with Gasteiger partial charge in [-0.05, 0) is 178 Å². The number of aliphatic hydroxyl groups excluding tert-OH is 2. The van der Waals surface area contributed by atoms with Crippen LogP contribution in [0.5, 0.6) is 0 Å². The summed E-state index contributed by atoms with van der Waals surface area (Å²) in [4.78, 5) is 43.5. The predicted octanol–water partition coefficient (Wildman–Crippen LogP) is 9.95. The van der Waals surface area contributed by atoms with Crippen molar-refractivity contribution in [3.63, 3.8) is 0 Å². The second-order valence-corrected chi connectivity index (χ2v) is 25.1. The molecule has 3 atom stereocenters. The van der Waals surface area contributed by atoms with Gasteiger partial charge >= 0.3 is 11.5 Å². The highest BCUT2D eigenvalue weighted by atomic mass is 35.5. The number of amides is 2. The van der Waals surface area contributed by atoms with E-state index in [1.54, 1.807) is 78.7 Å². The summed E-state index contributed by atoms with van der Waals surface area (Å²) in [6, 6.07) is 35.4. The topological polar surface area (TPSA) is 226 Å². The number of nitrogens with one attached hydrogen (secondary N) is 3. The Hall–Kier alpha value is -6.66. The van der Waals surface area contributed by atoms with Crippen LogP contribution in [0.3, 0.4) is 0 Å². The summed E-state index contributed by atoms with van der Waals surface area (Å²) in [5, 5.41) is 37.6. The van der Waals surface area contributed by atoms with Gasteiger partial charge in [0.15, 0.2) is 0 Å². The summed E-state index contributed by atoms with van der Waals surface area (Å²) in [5.41, 5.74) is -2.14. The van der Waals surface area contributed by atoms with Crippen LogP contribution in [0.15, 0.2) is 154 Å². The standard InChI is InChI=1S/C58H62ClF3N6O10S3/c1-66(33-34-69)30-28-44(37-79-47-7-3-2-4-8-47)63-51-25-23-48(36-53(51)80(75,76)58(60,61)62)81(77,78)65-56(72)40-12-19-45(20-13-40)67-31-26-39(27-32-67)54(70)50-35-41(14-24-49(50)38-10-15-42(59)16-11-38)55(71)64-43-17-21-46(22-18-43)68-29-6-5-9-52(68)57(73)74/h2-4,7-8,10-25,35-36,39,44,52,54,63,69-70H,5-6,9,26-34,37H2,1H3,(H,64,71)(H,65,72)(H,73,74)/t44?,52?,54-/m1/s1. The lowest BCUT2D eigenvalue weighted by molar-refractivity contribution is -0.139. The van der Waals surface area contributed by atoms with Gasteiger partial charge in [-0.2, -0.15) is 13.2 Å². The smallest absolute Gasteiger partial charge is 0.480 e. The number of piperidine rings is 2. The van der Waals surface area contributed by atoms with Crippen molar-refractivity contribution in [2.45, 2.75) is 76.9 Å². The maximum Gasteiger partial charge on any atom is 0.501 e. The number of carbonyl (C=O) groups excluding carboxylic acids is 2. The van der Waals surface area contributed by atoms with Crippen molar-refractivity contribution in [2.24, 2.45) is 5.92 Å². The largest absolute Gasteiger partial charge is 0.501 e. The molecule has 16 nitrogen and oxygen atoms in total. The van der Waals surface area contributed by atoms with Crippen LogP contribution in [0.1, 0.15) is 70.9 Å². The summed E-state index contributed by atoms with van der Waals surface area (Å²) in [7, 11) is -9.34. The van der Waals surface area contributed by atoms with Crippen molar-refractivity contribution in [3.8, 4) is 11.1 Å². The number of hydrogen-bond acceptors (Lipinski definition) is 14. The number of aliphatic carboxylic acids is 1. The lowest BCUT2D eigenvalue weighted by Crippen LogP contribution is -2.44. The minimum Gasteiger partial charge on any atom is -0.480 e. The number of thioether (sulfide) groups is 1. The molecule has 2 aliphatic rings. The highest BCUT2D eigenvalue weighted by Crippen LogP contribution is 2.40. The summed E-state index contributed by atoms with van der Waals surface area (Å²) in [6.45, 7) is 2.12. The van der Waals surface area contributed by atoms with E-state index in [0.717, 1.165) is 41.1 Å². The van der Waals surface area contributed by atoms with Crippen molar-refractivity contribution >= 4 is 83.8 Å². The predicted molar refractivity (Wildman–Crippen MR) is 308 cm³/mol. The van der Waals surface area contributed by atoms with E-state index >= 15 is 0 Å². The van der Waals surface area contributed by atoms with E-state index in [2.05, 4.69) is 10.6 Å². The lowest BCUT2D eigenvalue weighted by atomic mass is 9.83.